The van der Waals surface area contributed by atoms with Crippen LogP contribution in [0.15, 0.2) is 48.7 Å². The molecule has 26 heavy (non-hydrogen) atoms. The monoisotopic (exact) mass is 349 g/mol. The van der Waals surface area contributed by atoms with Crippen LogP contribution in [0.25, 0.3) is 5.65 Å². The molecule has 7 heteroatoms. The van der Waals surface area contributed by atoms with E-state index in [1.807, 2.05) is 30.3 Å². The molecule has 0 unspecified atom stereocenters. The number of ketones is 1. The van der Waals surface area contributed by atoms with Gasteiger partial charge in [0.15, 0.2) is 5.65 Å². The summed E-state index contributed by atoms with van der Waals surface area (Å²) in [5.41, 5.74) is 1.63. The van der Waals surface area contributed by atoms with Gasteiger partial charge in [-0.1, -0.05) is 30.3 Å². The number of amides is 1. The van der Waals surface area contributed by atoms with E-state index in [2.05, 4.69) is 15.5 Å². The number of hydrogen-bond donors (Lipinski definition) is 0. The van der Waals surface area contributed by atoms with Crippen molar-refractivity contribution in [2.24, 2.45) is 0 Å². The molecule has 132 valence electrons. The summed E-state index contributed by atoms with van der Waals surface area (Å²) in [6.07, 6.45) is 2.94. The molecule has 0 N–H and O–H groups in total. The van der Waals surface area contributed by atoms with Gasteiger partial charge in [0, 0.05) is 24.8 Å². The van der Waals surface area contributed by atoms with Crippen molar-refractivity contribution in [3.63, 3.8) is 0 Å². The third-order valence-corrected chi connectivity index (χ3v) is 5.35. The second kappa shape index (κ2) is 6.33. The quantitative estimate of drug-likeness (QED) is 0.721. The van der Waals surface area contributed by atoms with Crippen molar-refractivity contribution in [2.75, 3.05) is 13.1 Å². The van der Waals surface area contributed by atoms with E-state index in [0.717, 1.165) is 5.56 Å². The van der Waals surface area contributed by atoms with Crippen LogP contribution < -0.4 is 0 Å². The zero-order valence-corrected chi connectivity index (χ0v) is 14.5. The van der Waals surface area contributed by atoms with Crippen molar-refractivity contribution in [2.45, 2.75) is 25.2 Å². The van der Waals surface area contributed by atoms with Crippen molar-refractivity contribution >= 4 is 17.3 Å². The van der Waals surface area contributed by atoms with Gasteiger partial charge in [-0.15, -0.1) is 5.10 Å². The minimum atomic E-state index is -0.501. The molecule has 1 saturated heterocycles. The van der Waals surface area contributed by atoms with Gasteiger partial charge in [-0.3, -0.25) is 9.59 Å². The molecule has 0 bridgehead atoms. The lowest BCUT2D eigenvalue weighted by atomic mass is 9.70. The highest BCUT2D eigenvalue weighted by Crippen LogP contribution is 2.36. The summed E-state index contributed by atoms with van der Waals surface area (Å²) in [6.45, 7) is 2.74. The summed E-state index contributed by atoms with van der Waals surface area (Å²) < 4.78 is 1.52. The molecule has 0 spiro atoms. The van der Waals surface area contributed by atoms with Crippen LogP contribution in [0.4, 0.5) is 0 Å². The average molecular weight is 349 g/mol. The Bertz CT molecular complexity index is 958. The maximum absolute atomic E-state index is 12.8. The van der Waals surface area contributed by atoms with Crippen LogP contribution in [0.2, 0.25) is 0 Å². The maximum atomic E-state index is 12.8. The number of likely N-dealkylation sites (tertiary alicyclic amines) is 1. The molecule has 0 aliphatic carbocycles. The predicted octanol–water partition coefficient (Wildman–Crippen LogP) is 1.89. The zero-order chi connectivity index (χ0) is 18.1. The van der Waals surface area contributed by atoms with E-state index in [1.54, 1.807) is 30.2 Å². The highest BCUT2D eigenvalue weighted by Gasteiger charge is 2.41. The Labute approximate surface area is 150 Å². The first-order valence-corrected chi connectivity index (χ1v) is 8.64. The van der Waals surface area contributed by atoms with Gasteiger partial charge >= 0.3 is 0 Å². The fraction of sp³-hybridized carbons (Fsp3) is 0.316. The van der Waals surface area contributed by atoms with Crippen molar-refractivity contribution < 1.29 is 9.59 Å². The van der Waals surface area contributed by atoms with E-state index in [-0.39, 0.29) is 11.7 Å². The number of tetrazole rings is 1. The Morgan fingerprint density at radius 2 is 1.81 bits per heavy atom. The molecule has 2 aromatic heterocycles. The fourth-order valence-corrected chi connectivity index (χ4v) is 3.75. The molecule has 0 saturated carbocycles. The zero-order valence-electron chi connectivity index (χ0n) is 14.5. The minimum Gasteiger partial charge on any atom is -0.339 e. The smallest absolute Gasteiger partial charge is 0.254 e. The summed E-state index contributed by atoms with van der Waals surface area (Å²) in [4.78, 5) is 27.1. The summed E-state index contributed by atoms with van der Waals surface area (Å²) in [6, 6.07) is 13.3. The van der Waals surface area contributed by atoms with Gasteiger partial charge < -0.3 is 4.90 Å². The lowest BCUT2D eigenvalue weighted by molar-refractivity contribution is -0.124. The number of fused-ring (bicyclic) bond motifs is 1. The summed E-state index contributed by atoms with van der Waals surface area (Å²) in [5, 5.41) is 11.3. The highest BCUT2D eigenvalue weighted by atomic mass is 16.2. The van der Waals surface area contributed by atoms with E-state index >= 15 is 0 Å². The lowest BCUT2D eigenvalue weighted by Gasteiger charge is -2.40. The van der Waals surface area contributed by atoms with Crippen LogP contribution in [-0.4, -0.2) is 49.7 Å². The molecule has 1 aliphatic heterocycles. The van der Waals surface area contributed by atoms with Crippen molar-refractivity contribution in [3.8, 4) is 0 Å². The van der Waals surface area contributed by atoms with Crippen molar-refractivity contribution in [1.82, 2.24) is 24.9 Å². The first-order valence-electron chi connectivity index (χ1n) is 8.64. The molecular weight excluding hydrogens is 330 g/mol. The van der Waals surface area contributed by atoms with Gasteiger partial charge in [0.05, 0.1) is 5.41 Å². The predicted molar refractivity (Wildman–Crippen MR) is 94.7 cm³/mol. The van der Waals surface area contributed by atoms with Crippen LogP contribution >= 0.6 is 0 Å². The lowest BCUT2D eigenvalue weighted by Crippen LogP contribution is -2.48. The van der Waals surface area contributed by atoms with Gasteiger partial charge in [-0.2, -0.15) is 0 Å². The standard InChI is InChI=1S/C19H19N5O2/c1-14(25)19(16-5-3-2-4-6-16)8-11-23(12-9-19)18(26)15-7-10-24-17(13-15)20-21-22-24/h2-7,10,13H,8-9,11-12H2,1H3. The number of carbonyl (C=O) groups is 2. The number of rotatable bonds is 3. The van der Waals surface area contributed by atoms with Crippen LogP contribution in [0.1, 0.15) is 35.7 Å². The largest absolute Gasteiger partial charge is 0.339 e. The third kappa shape index (κ3) is 2.65. The van der Waals surface area contributed by atoms with Gasteiger partial charge in [0.2, 0.25) is 0 Å². The normalized spacial score (nSPS) is 16.6. The Kier molecular flexibility index (Phi) is 3.99. The molecule has 0 radical (unpaired) electrons. The van der Waals surface area contributed by atoms with Gasteiger partial charge in [-0.25, -0.2) is 4.52 Å². The number of aromatic nitrogens is 4. The average Bonchev–Trinajstić information content (AvgIpc) is 3.16. The summed E-state index contributed by atoms with van der Waals surface area (Å²) >= 11 is 0. The molecule has 4 rings (SSSR count). The first-order chi connectivity index (χ1) is 12.6. The second-order valence-electron chi connectivity index (χ2n) is 6.69. The summed E-state index contributed by atoms with van der Waals surface area (Å²) in [7, 11) is 0. The Morgan fingerprint density at radius 1 is 1.08 bits per heavy atom. The van der Waals surface area contributed by atoms with Gasteiger partial charge in [-0.05, 0) is 47.9 Å². The fourth-order valence-electron chi connectivity index (χ4n) is 3.75. The number of nitrogens with zero attached hydrogens (tertiary/aromatic N) is 5. The number of pyridine rings is 1. The Hall–Kier alpha value is -3.09. The first kappa shape index (κ1) is 16.4. The molecule has 0 atom stereocenters. The van der Waals surface area contributed by atoms with E-state index in [1.165, 1.54) is 4.52 Å². The molecule has 7 nitrogen and oxygen atoms in total. The number of benzene rings is 1. The molecular formula is C19H19N5O2. The number of hydrogen-bond acceptors (Lipinski definition) is 5. The number of carbonyl (C=O) groups excluding carboxylic acids is 2. The molecule has 1 fully saturated rings. The van der Waals surface area contributed by atoms with Crippen LogP contribution in [-0.2, 0) is 10.2 Å². The molecule has 1 aromatic carbocycles. The van der Waals surface area contributed by atoms with E-state index in [4.69, 9.17) is 0 Å². The maximum Gasteiger partial charge on any atom is 0.254 e. The third-order valence-electron chi connectivity index (χ3n) is 5.35. The van der Waals surface area contributed by atoms with E-state index in [9.17, 15) is 9.59 Å². The molecule has 3 heterocycles. The highest BCUT2D eigenvalue weighted by molar-refractivity contribution is 5.95. The van der Waals surface area contributed by atoms with Crippen LogP contribution in [0, 0.1) is 0 Å². The number of piperidine rings is 1. The number of Topliss-reactive ketones (excluding diaryl/α,β-unsaturated/α-hetero) is 1. The Morgan fingerprint density at radius 3 is 2.50 bits per heavy atom. The minimum absolute atomic E-state index is 0.0549. The van der Waals surface area contributed by atoms with Crippen LogP contribution in [0.5, 0.6) is 0 Å². The molecule has 1 aliphatic rings. The van der Waals surface area contributed by atoms with Crippen molar-refractivity contribution in [1.29, 1.82) is 0 Å². The SMILES string of the molecule is CC(=O)C1(c2ccccc2)CCN(C(=O)c2ccn3nnnc3c2)CC1. The van der Waals surface area contributed by atoms with Crippen LogP contribution in [0.3, 0.4) is 0 Å². The Balaban J connectivity index is 1.55. The summed E-state index contributed by atoms with van der Waals surface area (Å²) in [5.74, 6) is 0.104. The van der Waals surface area contributed by atoms with Gasteiger partial charge in [0.25, 0.3) is 5.91 Å². The van der Waals surface area contributed by atoms with Gasteiger partial charge in [0.1, 0.15) is 5.78 Å². The molecule has 3 aromatic rings. The second-order valence-corrected chi connectivity index (χ2v) is 6.69. The topological polar surface area (TPSA) is 80.5 Å². The molecule has 1 amide bonds. The van der Waals surface area contributed by atoms with E-state index < -0.39 is 5.41 Å². The van der Waals surface area contributed by atoms with Crippen molar-refractivity contribution in [3.05, 3.63) is 59.8 Å². The van der Waals surface area contributed by atoms with E-state index in [0.29, 0.717) is 37.1 Å².